The van der Waals surface area contributed by atoms with Crippen LogP contribution < -0.4 is 18.9 Å². The number of halogens is 24. The molecule has 16 rings (SSSR count). The van der Waals surface area contributed by atoms with Crippen LogP contribution in [0.3, 0.4) is 0 Å². The zero-order valence-electron chi connectivity index (χ0n) is 76.3. The smallest absolute Gasteiger partial charge is 0.194 e. The van der Waals surface area contributed by atoms with Gasteiger partial charge in [0.25, 0.3) is 0 Å². The molecule has 36 heteroatoms. The van der Waals surface area contributed by atoms with Gasteiger partial charge < -0.3 is 56.8 Å². The van der Waals surface area contributed by atoms with Crippen molar-refractivity contribution in [3.8, 4) is 67.5 Å². The van der Waals surface area contributed by atoms with Crippen molar-refractivity contribution in [3.63, 3.8) is 0 Å². The van der Waals surface area contributed by atoms with Crippen molar-refractivity contribution < 1.29 is 162 Å². The van der Waals surface area contributed by atoms with E-state index in [9.17, 15) is 105 Å². The Balaban J connectivity index is 0.000000159. The molecule has 4 aliphatic heterocycles. The summed E-state index contributed by atoms with van der Waals surface area (Å²) in [5.41, 5.74) is 0.583. The van der Waals surface area contributed by atoms with E-state index in [1.54, 1.807) is 24.3 Å². The standard InChI is InChI=1S/C28H26F6O3.C27H24F6O3.C26H22F6O3.C25H20F6O3/c1-2-3-4-5-16-13-36-28(37-14-16)18-6-7-20(21(29)10-18)19-11-24(32)27(25(33)12-19)35-15-17-8-22(30)26(34)23(31)9-17;1-2-3-4-15-12-35-27(36-13-15)17-5-6-19(20(28)9-17)18-10-23(31)26(24(32)11-18)34-14-16-7-21(29)25(33)22(30)8-16;1-2-3-14-11-34-26(35-12-14)16-4-5-18(19(27)8-16)17-9-22(30)25(23(31)10-17)33-13-15-6-20(28)24(32)21(29)7-15;1-2-13-10-33-25(34-11-13)15-3-4-17(18(26)7-15)16-8-21(29)24(22(30)9-16)32-12-14-5-19(27)23(31)20(28)6-14/h6-12,16,28H,2-5,13-15H2,1H3;5-11,15,27H,2-4,12-14H2,1H3;4-10,14,26H,2-3,11-13H2,1H3;3-9,13,25H,2,10-12H2,1H3. The van der Waals surface area contributed by atoms with Gasteiger partial charge in [0, 0.05) is 68.2 Å². The van der Waals surface area contributed by atoms with E-state index in [0.29, 0.717) is 130 Å². The van der Waals surface area contributed by atoms with Crippen LogP contribution in [0.2, 0.25) is 0 Å². The highest BCUT2D eigenvalue weighted by Crippen LogP contribution is 2.42. The van der Waals surface area contributed by atoms with E-state index in [0.717, 1.165) is 113 Å². The van der Waals surface area contributed by atoms with Gasteiger partial charge in [-0.15, -0.1) is 0 Å². The topological polar surface area (TPSA) is 111 Å². The van der Waals surface area contributed by atoms with Crippen LogP contribution in [0.15, 0.2) is 170 Å². The van der Waals surface area contributed by atoms with E-state index >= 15 is 0 Å². The molecule has 0 atom stereocenters. The third kappa shape index (κ3) is 27.4. The SMILES string of the molecule is CCC1COC(c2ccc(-c3cc(F)c(OCc4cc(F)c(F)c(F)c4)c(F)c3)c(F)c2)OC1.CCCC1COC(c2ccc(-c3cc(F)c(OCc4cc(F)c(F)c(F)c4)c(F)c3)c(F)c2)OC1.CCCCC1COC(c2ccc(-c3cc(F)c(OCc4cc(F)c(F)c(F)c4)c(F)c3)c(F)c2)OC1.CCCCCC1COC(c2ccc(-c3cc(F)c(OCc4cc(F)c(F)c(F)c4)c(F)c3)c(F)c2)OC1. The maximum Gasteiger partial charge on any atom is 0.194 e. The molecular weight excluding hydrogens is 1920 g/mol. The van der Waals surface area contributed by atoms with Crippen molar-refractivity contribution in [2.45, 2.75) is 143 Å². The normalized spacial score (nSPS) is 17.9. The van der Waals surface area contributed by atoms with E-state index in [4.69, 9.17) is 56.8 Å². The monoisotopic (exact) mass is 2010 g/mol. The fourth-order valence-corrected chi connectivity index (χ4v) is 15.7. The Morgan fingerprint density at radius 1 is 0.211 bits per heavy atom. The second kappa shape index (κ2) is 49.7. The second-order valence-corrected chi connectivity index (χ2v) is 34.0. The quantitative estimate of drug-likeness (QED) is 0.0243. The minimum absolute atomic E-state index is 0.0518. The number of hydrogen-bond donors (Lipinski definition) is 0. The predicted octanol–water partition coefficient (Wildman–Crippen LogP) is 29.7. The molecule has 0 aliphatic carbocycles. The number of ether oxygens (including phenoxy) is 12. The average molecular weight is 2010 g/mol. The molecular formula is C106H92F24O12. The lowest BCUT2D eigenvalue weighted by molar-refractivity contribution is -0.206. The Kier molecular flexibility index (Phi) is 37.5. The Bertz CT molecular complexity index is 6200. The highest BCUT2D eigenvalue weighted by atomic mass is 19.2. The second-order valence-electron chi connectivity index (χ2n) is 34.0. The summed E-state index contributed by atoms with van der Waals surface area (Å²) in [6, 6.07) is 28.8. The first-order chi connectivity index (χ1) is 68.0. The minimum atomic E-state index is -1.66. The Morgan fingerprint density at radius 2 is 0.415 bits per heavy atom. The van der Waals surface area contributed by atoms with Crippen molar-refractivity contribution in [1.29, 1.82) is 0 Å². The van der Waals surface area contributed by atoms with Gasteiger partial charge in [-0.3, -0.25) is 0 Å². The number of benzene rings is 12. The maximum atomic E-state index is 14.9. The van der Waals surface area contributed by atoms with E-state index in [1.165, 1.54) is 48.5 Å². The fourth-order valence-electron chi connectivity index (χ4n) is 15.7. The summed E-state index contributed by atoms with van der Waals surface area (Å²) in [6.45, 7) is 9.83. The zero-order valence-corrected chi connectivity index (χ0v) is 76.3. The van der Waals surface area contributed by atoms with Gasteiger partial charge in [-0.05, 0) is 192 Å². The molecule has 0 bridgehead atoms. The lowest BCUT2D eigenvalue weighted by Gasteiger charge is -2.29. The van der Waals surface area contributed by atoms with Crippen molar-refractivity contribution in [1.82, 2.24) is 0 Å². The van der Waals surface area contributed by atoms with E-state index in [1.807, 2.05) is 6.92 Å². The largest absolute Gasteiger partial charge is 0.483 e. The van der Waals surface area contributed by atoms with Crippen LogP contribution in [-0.4, -0.2) is 52.9 Å². The van der Waals surface area contributed by atoms with Gasteiger partial charge in [-0.25, -0.2) is 105 Å². The van der Waals surface area contributed by atoms with E-state index in [2.05, 4.69) is 20.8 Å². The molecule has 12 aromatic rings. The first kappa shape index (κ1) is 107. The molecule has 0 aromatic heterocycles. The van der Waals surface area contributed by atoms with Gasteiger partial charge in [0.05, 0.1) is 52.9 Å². The summed E-state index contributed by atoms with van der Waals surface area (Å²) in [6.07, 6.45) is 7.49. The van der Waals surface area contributed by atoms with Crippen molar-refractivity contribution >= 4 is 0 Å². The summed E-state index contributed by atoms with van der Waals surface area (Å²) in [5.74, 6) is -32.5. The van der Waals surface area contributed by atoms with Crippen molar-refractivity contribution in [3.05, 3.63) is 354 Å². The maximum absolute atomic E-state index is 14.9. The number of unbranched alkanes of at least 4 members (excludes halogenated alkanes) is 3. The minimum Gasteiger partial charge on any atom is -0.483 e. The van der Waals surface area contributed by atoms with Gasteiger partial charge in [-0.2, -0.15) is 0 Å². The fraction of sp³-hybridized carbons (Fsp3) is 0.321. The van der Waals surface area contributed by atoms with E-state index < -0.39 is 214 Å². The van der Waals surface area contributed by atoms with Crippen LogP contribution in [-0.2, 0) is 64.3 Å². The molecule has 142 heavy (non-hydrogen) atoms. The third-order valence-electron chi connectivity index (χ3n) is 23.3. The van der Waals surface area contributed by atoms with Gasteiger partial charge in [-0.1, -0.05) is 115 Å². The molecule has 4 aliphatic rings. The molecule has 0 radical (unpaired) electrons. The average Bonchev–Trinajstić information content (AvgIpc) is 0.802. The molecule has 0 saturated carbocycles. The van der Waals surface area contributed by atoms with Crippen LogP contribution in [0.4, 0.5) is 105 Å². The summed E-state index contributed by atoms with van der Waals surface area (Å²) in [5, 5.41) is 0. The van der Waals surface area contributed by atoms with Gasteiger partial charge in [0.15, 0.2) is 165 Å². The van der Waals surface area contributed by atoms with Gasteiger partial charge in [0.1, 0.15) is 49.7 Å². The molecule has 0 N–H and O–H groups in total. The molecule has 12 nitrogen and oxygen atoms in total. The highest BCUT2D eigenvalue weighted by molar-refractivity contribution is 5.69. The predicted molar refractivity (Wildman–Crippen MR) is 471 cm³/mol. The summed E-state index contributed by atoms with van der Waals surface area (Å²) >= 11 is 0. The Morgan fingerprint density at radius 3 is 0.613 bits per heavy atom. The number of hydrogen-bond acceptors (Lipinski definition) is 12. The molecule has 0 spiro atoms. The van der Waals surface area contributed by atoms with E-state index in [-0.39, 0.29) is 84.5 Å². The van der Waals surface area contributed by atoms with Crippen LogP contribution in [0.5, 0.6) is 23.0 Å². The van der Waals surface area contributed by atoms with Gasteiger partial charge in [0.2, 0.25) is 0 Å². The zero-order chi connectivity index (χ0) is 102. The van der Waals surface area contributed by atoms with Crippen molar-refractivity contribution in [2.75, 3.05) is 52.9 Å². The molecule has 0 amide bonds. The summed E-state index contributed by atoms with van der Waals surface area (Å²) in [4.78, 5) is 0. The molecule has 4 saturated heterocycles. The lowest BCUT2D eigenvalue weighted by atomic mass is 10.0. The van der Waals surface area contributed by atoms with Crippen LogP contribution >= 0.6 is 0 Å². The van der Waals surface area contributed by atoms with Crippen molar-refractivity contribution in [2.24, 2.45) is 23.7 Å². The first-order valence-corrected chi connectivity index (χ1v) is 45.2. The lowest BCUT2D eigenvalue weighted by Crippen LogP contribution is -2.27. The molecule has 756 valence electrons. The molecule has 4 fully saturated rings. The van der Waals surface area contributed by atoms with Crippen LogP contribution in [0, 0.1) is 163 Å². The first-order valence-electron chi connectivity index (χ1n) is 45.2. The summed E-state index contributed by atoms with van der Waals surface area (Å²) < 4.78 is 401. The number of rotatable bonds is 30. The third-order valence-corrected chi connectivity index (χ3v) is 23.3. The molecule has 4 heterocycles. The molecule has 12 aromatic carbocycles. The van der Waals surface area contributed by atoms with Gasteiger partial charge >= 0.3 is 0 Å². The highest BCUT2D eigenvalue weighted by Gasteiger charge is 2.32. The van der Waals surface area contributed by atoms with Crippen LogP contribution in [0.1, 0.15) is 162 Å². The Hall–Kier alpha value is -12.2. The van der Waals surface area contributed by atoms with Crippen LogP contribution in [0.25, 0.3) is 44.5 Å². The summed E-state index contributed by atoms with van der Waals surface area (Å²) in [7, 11) is 0. The Labute approximate surface area is 800 Å². The molecule has 0 unspecified atom stereocenters.